The number of sulfone groups is 1. The Balaban J connectivity index is 2.12. The van der Waals surface area contributed by atoms with Gasteiger partial charge >= 0.3 is 0 Å². The predicted octanol–water partition coefficient (Wildman–Crippen LogP) is 0.760. The maximum absolute atomic E-state index is 11.5. The summed E-state index contributed by atoms with van der Waals surface area (Å²) < 4.78 is 23.0. The fraction of sp³-hybridized carbons (Fsp3) is 0.583. The van der Waals surface area contributed by atoms with Crippen molar-refractivity contribution in [2.24, 2.45) is 0 Å². The number of hydrogen-bond donors (Lipinski definition) is 1. The van der Waals surface area contributed by atoms with E-state index < -0.39 is 15.9 Å². The lowest BCUT2D eigenvalue weighted by Gasteiger charge is -2.21. The first kappa shape index (κ1) is 13.3. The molecule has 0 aliphatic carbocycles. The summed E-state index contributed by atoms with van der Waals surface area (Å²) in [6.07, 6.45) is 1.77. The van der Waals surface area contributed by atoms with E-state index >= 15 is 0 Å². The molecule has 0 aromatic carbocycles. The minimum atomic E-state index is -2.88. The molecule has 6 heteroatoms. The van der Waals surface area contributed by atoms with Gasteiger partial charge < -0.3 is 10.0 Å². The molecule has 2 heterocycles. The first-order valence-corrected chi connectivity index (χ1v) is 7.89. The number of aliphatic hydroxyl groups is 1. The van der Waals surface area contributed by atoms with Gasteiger partial charge in [0.15, 0.2) is 9.84 Å². The molecule has 18 heavy (non-hydrogen) atoms. The van der Waals surface area contributed by atoms with Crippen LogP contribution >= 0.6 is 0 Å². The number of nitrogens with zero attached hydrogens (tertiary/aromatic N) is 2. The van der Waals surface area contributed by atoms with Crippen LogP contribution in [0.25, 0.3) is 0 Å². The van der Waals surface area contributed by atoms with E-state index in [1.54, 1.807) is 19.2 Å². The van der Waals surface area contributed by atoms with E-state index in [1.165, 1.54) is 0 Å². The van der Waals surface area contributed by atoms with Crippen molar-refractivity contribution in [3.8, 4) is 0 Å². The van der Waals surface area contributed by atoms with Crippen LogP contribution in [0.3, 0.4) is 0 Å². The third kappa shape index (κ3) is 3.20. The van der Waals surface area contributed by atoms with E-state index in [1.807, 2.05) is 11.0 Å². The van der Waals surface area contributed by atoms with Gasteiger partial charge in [0.25, 0.3) is 0 Å². The summed E-state index contributed by atoms with van der Waals surface area (Å²) in [5.74, 6) is 0.466. The molecule has 100 valence electrons. The molecule has 1 aromatic rings. The Morgan fingerprint density at radius 1 is 1.33 bits per heavy atom. The molecule has 0 saturated carbocycles. The fourth-order valence-corrected chi connectivity index (χ4v) is 3.30. The van der Waals surface area contributed by atoms with Crippen molar-refractivity contribution >= 4 is 15.5 Å². The average molecular weight is 270 g/mol. The molecule has 1 N–H and O–H groups in total. The summed E-state index contributed by atoms with van der Waals surface area (Å²) >= 11 is 0. The lowest BCUT2D eigenvalue weighted by molar-refractivity contribution is 0.194. The summed E-state index contributed by atoms with van der Waals surface area (Å²) in [4.78, 5) is 6.21. The highest BCUT2D eigenvalue weighted by molar-refractivity contribution is 7.91. The van der Waals surface area contributed by atoms with E-state index in [2.05, 4.69) is 4.98 Å². The number of rotatable bonds is 2. The largest absolute Gasteiger partial charge is 0.387 e. The van der Waals surface area contributed by atoms with Crippen molar-refractivity contribution in [1.82, 2.24) is 4.98 Å². The maximum Gasteiger partial charge on any atom is 0.152 e. The minimum Gasteiger partial charge on any atom is -0.387 e. The molecule has 2 rings (SSSR count). The Hall–Kier alpha value is -1.14. The van der Waals surface area contributed by atoms with Crippen LogP contribution in [0.4, 0.5) is 5.69 Å². The van der Waals surface area contributed by atoms with E-state index in [4.69, 9.17) is 0 Å². The second-order valence-corrected chi connectivity index (χ2v) is 6.91. The number of aromatic nitrogens is 1. The van der Waals surface area contributed by atoms with E-state index in [9.17, 15) is 13.5 Å². The zero-order valence-electron chi connectivity index (χ0n) is 10.4. The van der Waals surface area contributed by atoms with Gasteiger partial charge in [-0.3, -0.25) is 4.98 Å². The predicted molar refractivity (Wildman–Crippen MR) is 70.4 cm³/mol. The molecule has 0 radical (unpaired) electrons. The number of hydrogen-bond acceptors (Lipinski definition) is 5. The Kier molecular flexibility index (Phi) is 3.87. The first-order valence-electron chi connectivity index (χ1n) is 6.07. The van der Waals surface area contributed by atoms with E-state index in [-0.39, 0.29) is 11.5 Å². The summed E-state index contributed by atoms with van der Waals surface area (Å²) in [6, 6.07) is 3.66. The summed E-state index contributed by atoms with van der Waals surface area (Å²) in [6.45, 7) is 2.91. The zero-order valence-corrected chi connectivity index (χ0v) is 11.2. The third-order valence-corrected chi connectivity index (χ3v) is 4.83. The van der Waals surface area contributed by atoms with Crippen molar-refractivity contribution in [2.45, 2.75) is 19.4 Å². The molecular weight excluding hydrogens is 252 g/mol. The van der Waals surface area contributed by atoms with Crippen molar-refractivity contribution in [3.63, 3.8) is 0 Å². The van der Waals surface area contributed by atoms with Gasteiger partial charge in [-0.1, -0.05) is 0 Å². The number of pyridine rings is 1. The molecule has 1 fully saturated rings. The Bertz CT molecular complexity index is 497. The summed E-state index contributed by atoms with van der Waals surface area (Å²) in [7, 11) is -2.88. The van der Waals surface area contributed by atoms with Gasteiger partial charge in [-0.25, -0.2) is 8.42 Å². The smallest absolute Gasteiger partial charge is 0.152 e. The topological polar surface area (TPSA) is 70.5 Å². The molecule has 1 aromatic heterocycles. The van der Waals surface area contributed by atoms with Crippen molar-refractivity contribution < 1.29 is 13.5 Å². The fourth-order valence-electron chi connectivity index (χ4n) is 2.03. The monoisotopic (exact) mass is 270 g/mol. The quantitative estimate of drug-likeness (QED) is 0.859. The highest BCUT2D eigenvalue weighted by Crippen LogP contribution is 2.18. The summed E-state index contributed by atoms with van der Waals surface area (Å²) in [5, 5.41) is 9.38. The molecule has 1 atom stereocenters. The van der Waals surface area contributed by atoms with Gasteiger partial charge in [0.1, 0.15) is 0 Å². The van der Waals surface area contributed by atoms with Gasteiger partial charge in [-0.05, 0) is 25.5 Å². The van der Waals surface area contributed by atoms with Crippen LogP contribution in [0.15, 0.2) is 18.3 Å². The Morgan fingerprint density at radius 3 is 2.72 bits per heavy atom. The second kappa shape index (κ2) is 5.24. The number of aliphatic hydroxyl groups excluding tert-OH is 1. The van der Waals surface area contributed by atoms with Crippen LogP contribution in [0.5, 0.6) is 0 Å². The molecule has 5 nitrogen and oxygen atoms in total. The average Bonchev–Trinajstić information content (AvgIpc) is 2.50. The maximum atomic E-state index is 11.5. The lowest BCUT2D eigenvalue weighted by atomic mass is 10.2. The zero-order chi connectivity index (χ0) is 13.2. The van der Waals surface area contributed by atoms with Gasteiger partial charge in [-0.15, -0.1) is 0 Å². The molecule has 0 bridgehead atoms. The van der Waals surface area contributed by atoms with E-state index in [0.29, 0.717) is 18.7 Å². The minimum absolute atomic E-state index is 0.200. The van der Waals surface area contributed by atoms with Crippen molar-refractivity contribution in [2.75, 3.05) is 29.5 Å². The normalized spacial score (nSPS) is 21.3. The van der Waals surface area contributed by atoms with Gasteiger partial charge in [-0.2, -0.15) is 0 Å². The van der Waals surface area contributed by atoms with Crippen LogP contribution in [0, 0.1) is 0 Å². The van der Waals surface area contributed by atoms with Gasteiger partial charge in [0, 0.05) is 13.1 Å². The van der Waals surface area contributed by atoms with Crippen LogP contribution in [0.2, 0.25) is 0 Å². The van der Waals surface area contributed by atoms with Crippen molar-refractivity contribution in [3.05, 3.63) is 24.0 Å². The van der Waals surface area contributed by atoms with Gasteiger partial charge in [0.05, 0.1) is 35.2 Å². The standard InChI is InChI=1S/C12H18N2O3S/c1-10(15)12-4-3-11(9-13-12)14-5-2-7-18(16,17)8-6-14/h3-4,9-10,15H,2,5-8H2,1H3. The van der Waals surface area contributed by atoms with Crippen LogP contribution in [0.1, 0.15) is 25.1 Å². The highest BCUT2D eigenvalue weighted by Gasteiger charge is 2.19. The van der Waals surface area contributed by atoms with E-state index in [0.717, 1.165) is 12.2 Å². The summed E-state index contributed by atoms with van der Waals surface area (Å²) in [5.41, 5.74) is 1.54. The number of anilines is 1. The Morgan fingerprint density at radius 2 is 2.11 bits per heavy atom. The molecule has 1 aliphatic rings. The molecule has 1 saturated heterocycles. The second-order valence-electron chi connectivity index (χ2n) is 4.61. The molecular formula is C12H18N2O3S. The van der Waals surface area contributed by atoms with Crippen molar-refractivity contribution in [1.29, 1.82) is 0 Å². The molecule has 0 spiro atoms. The molecule has 0 amide bonds. The Labute approximate surface area is 107 Å². The third-order valence-electron chi connectivity index (χ3n) is 3.12. The van der Waals surface area contributed by atoms with Crippen LogP contribution in [-0.4, -0.2) is 43.1 Å². The van der Waals surface area contributed by atoms with Gasteiger partial charge in [0.2, 0.25) is 0 Å². The SMILES string of the molecule is CC(O)c1ccc(N2CCCS(=O)(=O)CC2)cn1. The van der Waals surface area contributed by atoms with Crippen LogP contribution in [-0.2, 0) is 9.84 Å². The van der Waals surface area contributed by atoms with Crippen LogP contribution < -0.4 is 4.90 Å². The molecule has 1 aliphatic heterocycles. The highest BCUT2D eigenvalue weighted by atomic mass is 32.2. The molecule has 1 unspecified atom stereocenters. The lowest BCUT2D eigenvalue weighted by Crippen LogP contribution is -2.26. The first-order chi connectivity index (χ1) is 8.48.